The number of carbonyl (C=O) groups excluding carboxylic acids is 1. The van der Waals surface area contributed by atoms with E-state index in [0.717, 1.165) is 11.3 Å². The van der Waals surface area contributed by atoms with E-state index in [1.54, 1.807) is 44.2 Å². The second kappa shape index (κ2) is 8.70. The van der Waals surface area contributed by atoms with Crippen molar-refractivity contribution in [2.75, 3.05) is 15.8 Å². The molecule has 3 heterocycles. The SMILES string of the molecule is CCCS(=O)(=O)Nc1ccc(NC(=O)c2cc(-c3cc(C)oc3C)nc3onc(C)c23)cc1. The smallest absolute Gasteiger partial charge is 0.259 e. The zero-order valence-corrected chi connectivity index (χ0v) is 19.5. The highest BCUT2D eigenvalue weighted by atomic mass is 32.2. The van der Waals surface area contributed by atoms with Crippen molar-refractivity contribution in [2.45, 2.75) is 34.1 Å². The average molecular weight is 469 g/mol. The molecule has 4 aromatic rings. The molecular formula is C23H24N4O5S. The predicted molar refractivity (Wildman–Crippen MR) is 126 cm³/mol. The molecule has 0 aliphatic heterocycles. The molecule has 0 aliphatic carbocycles. The number of aryl methyl sites for hydroxylation is 3. The van der Waals surface area contributed by atoms with Crippen LogP contribution in [0.5, 0.6) is 0 Å². The number of anilines is 2. The van der Waals surface area contributed by atoms with Crippen molar-refractivity contribution in [3.05, 3.63) is 59.2 Å². The maximum absolute atomic E-state index is 13.2. The fourth-order valence-corrected chi connectivity index (χ4v) is 4.75. The van der Waals surface area contributed by atoms with Gasteiger partial charge in [-0.1, -0.05) is 12.1 Å². The molecule has 0 saturated carbocycles. The highest BCUT2D eigenvalue weighted by Crippen LogP contribution is 2.31. The molecule has 172 valence electrons. The molecule has 0 bridgehead atoms. The minimum absolute atomic E-state index is 0.0413. The second-order valence-electron chi connectivity index (χ2n) is 7.78. The molecule has 0 unspecified atom stereocenters. The van der Waals surface area contributed by atoms with Crippen LogP contribution in [0.15, 0.2) is 45.3 Å². The third-order valence-corrected chi connectivity index (χ3v) is 6.56. The Kier molecular flexibility index (Phi) is 5.94. The summed E-state index contributed by atoms with van der Waals surface area (Å²) in [5.74, 6) is 1.09. The molecule has 33 heavy (non-hydrogen) atoms. The average Bonchev–Trinajstić information content (AvgIpc) is 3.29. The number of fused-ring (bicyclic) bond motifs is 1. The van der Waals surface area contributed by atoms with E-state index in [1.165, 1.54) is 0 Å². The predicted octanol–water partition coefficient (Wildman–Crippen LogP) is 4.81. The van der Waals surface area contributed by atoms with Crippen LogP contribution in [0, 0.1) is 20.8 Å². The lowest BCUT2D eigenvalue weighted by molar-refractivity contribution is 0.102. The minimum Gasteiger partial charge on any atom is -0.466 e. The van der Waals surface area contributed by atoms with Crippen molar-refractivity contribution in [3.8, 4) is 11.3 Å². The van der Waals surface area contributed by atoms with Crippen LogP contribution in [0.2, 0.25) is 0 Å². The van der Waals surface area contributed by atoms with Crippen LogP contribution in [-0.4, -0.2) is 30.2 Å². The minimum atomic E-state index is -3.39. The number of hydrogen-bond acceptors (Lipinski definition) is 7. The number of nitrogens with one attached hydrogen (secondary N) is 2. The van der Waals surface area contributed by atoms with E-state index in [-0.39, 0.29) is 17.4 Å². The Morgan fingerprint density at radius 3 is 2.39 bits per heavy atom. The Bertz CT molecular complexity index is 1440. The standard InChI is InChI=1S/C23H24N4O5S/c1-5-10-33(29,30)27-17-8-6-16(7-9-17)24-22(28)19-12-20(18-11-13(2)31-15(18)4)25-23-21(19)14(3)26-32-23/h6-9,11-12,27H,5,10H2,1-4H3,(H,24,28). The van der Waals surface area contributed by atoms with E-state index in [0.29, 0.717) is 45.9 Å². The summed E-state index contributed by atoms with van der Waals surface area (Å²) in [7, 11) is -3.39. The highest BCUT2D eigenvalue weighted by Gasteiger charge is 2.21. The van der Waals surface area contributed by atoms with Crippen LogP contribution in [0.25, 0.3) is 22.4 Å². The van der Waals surface area contributed by atoms with Gasteiger partial charge in [0.05, 0.1) is 28.1 Å². The monoisotopic (exact) mass is 468 g/mol. The van der Waals surface area contributed by atoms with Crippen LogP contribution in [0.1, 0.15) is 40.9 Å². The fraction of sp³-hybridized carbons (Fsp3) is 0.261. The first-order valence-corrected chi connectivity index (χ1v) is 12.1. The number of pyridine rings is 1. The first-order valence-electron chi connectivity index (χ1n) is 10.4. The zero-order chi connectivity index (χ0) is 23.8. The largest absolute Gasteiger partial charge is 0.466 e. The third kappa shape index (κ3) is 4.75. The van der Waals surface area contributed by atoms with E-state index in [9.17, 15) is 13.2 Å². The van der Waals surface area contributed by atoms with Gasteiger partial charge < -0.3 is 14.3 Å². The molecule has 0 spiro atoms. The maximum atomic E-state index is 13.2. The Morgan fingerprint density at radius 2 is 1.76 bits per heavy atom. The maximum Gasteiger partial charge on any atom is 0.259 e. The van der Waals surface area contributed by atoms with Crippen molar-refractivity contribution in [1.29, 1.82) is 0 Å². The molecule has 10 heteroatoms. The first kappa shape index (κ1) is 22.5. The van der Waals surface area contributed by atoms with Gasteiger partial charge in [-0.2, -0.15) is 0 Å². The van der Waals surface area contributed by atoms with Crippen molar-refractivity contribution >= 4 is 38.4 Å². The summed E-state index contributed by atoms with van der Waals surface area (Å²) in [5, 5.41) is 7.33. The summed E-state index contributed by atoms with van der Waals surface area (Å²) in [4.78, 5) is 17.7. The molecule has 0 atom stereocenters. The van der Waals surface area contributed by atoms with Crippen LogP contribution in [0.4, 0.5) is 11.4 Å². The van der Waals surface area contributed by atoms with E-state index in [2.05, 4.69) is 20.2 Å². The number of rotatable bonds is 7. The molecule has 0 radical (unpaired) electrons. The first-order chi connectivity index (χ1) is 15.7. The molecule has 0 fully saturated rings. The Hall–Kier alpha value is -3.66. The summed E-state index contributed by atoms with van der Waals surface area (Å²) in [6.45, 7) is 7.21. The van der Waals surface area contributed by atoms with Crippen molar-refractivity contribution in [2.24, 2.45) is 0 Å². The van der Waals surface area contributed by atoms with Gasteiger partial charge in [-0.25, -0.2) is 13.4 Å². The third-order valence-electron chi connectivity index (χ3n) is 5.07. The molecule has 0 saturated heterocycles. The number of amides is 1. The van der Waals surface area contributed by atoms with E-state index < -0.39 is 10.0 Å². The summed E-state index contributed by atoms with van der Waals surface area (Å²) >= 11 is 0. The van der Waals surface area contributed by atoms with Crippen LogP contribution in [-0.2, 0) is 10.0 Å². The molecule has 2 N–H and O–H groups in total. The number of nitrogens with zero attached hydrogens (tertiary/aromatic N) is 2. The van der Waals surface area contributed by atoms with Crippen LogP contribution < -0.4 is 10.0 Å². The summed E-state index contributed by atoms with van der Waals surface area (Å²) in [6.07, 6.45) is 0.520. The summed E-state index contributed by atoms with van der Waals surface area (Å²) < 4.78 is 37.4. The molecule has 0 aliphatic rings. The van der Waals surface area contributed by atoms with Crippen LogP contribution >= 0.6 is 0 Å². The number of hydrogen-bond donors (Lipinski definition) is 2. The number of aromatic nitrogens is 2. The topological polar surface area (TPSA) is 127 Å². The molecule has 4 rings (SSSR count). The lowest BCUT2D eigenvalue weighted by atomic mass is 10.1. The lowest BCUT2D eigenvalue weighted by Gasteiger charge is -2.10. The van der Waals surface area contributed by atoms with Gasteiger partial charge in [0, 0.05) is 16.9 Å². The zero-order valence-electron chi connectivity index (χ0n) is 18.7. The quantitative estimate of drug-likeness (QED) is 0.398. The number of furan rings is 1. The van der Waals surface area contributed by atoms with Gasteiger partial charge in [0.1, 0.15) is 11.5 Å². The van der Waals surface area contributed by atoms with Gasteiger partial charge in [0.15, 0.2) is 0 Å². The van der Waals surface area contributed by atoms with E-state index in [4.69, 9.17) is 8.94 Å². The van der Waals surface area contributed by atoms with Crippen LogP contribution in [0.3, 0.4) is 0 Å². The van der Waals surface area contributed by atoms with Gasteiger partial charge in [-0.3, -0.25) is 9.52 Å². The van der Waals surface area contributed by atoms with Crippen molar-refractivity contribution < 1.29 is 22.2 Å². The molecule has 9 nitrogen and oxygen atoms in total. The number of carbonyl (C=O) groups is 1. The van der Waals surface area contributed by atoms with Crippen molar-refractivity contribution in [3.63, 3.8) is 0 Å². The van der Waals surface area contributed by atoms with Gasteiger partial charge in [-0.05, 0) is 63.6 Å². The lowest BCUT2D eigenvalue weighted by Crippen LogP contribution is -2.16. The van der Waals surface area contributed by atoms with Crippen molar-refractivity contribution in [1.82, 2.24) is 10.1 Å². The Morgan fingerprint density at radius 1 is 1.06 bits per heavy atom. The summed E-state index contributed by atoms with van der Waals surface area (Å²) in [5.41, 5.74) is 3.41. The summed E-state index contributed by atoms with van der Waals surface area (Å²) in [6, 6.07) is 9.99. The molecule has 1 aromatic carbocycles. The Labute approximate surface area is 191 Å². The van der Waals surface area contributed by atoms with Gasteiger partial charge in [0.25, 0.3) is 11.6 Å². The molecular weight excluding hydrogens is 444 g/mol. The molecule has 3 aromatic heterocycles. The van der Waals surface area contributed by atoms with E-state index in [1.807, 2.05) is 19.9 Å². The van der Waals surface area contributed by atoms with Gasteiger partial charge in [-0.15, -0.1) is 0 Å². The van der Waals surface area contributed by atoms with E-state index >= 15 is 0 Å². The molecule has 1 amide bonds. The van der Waals surface area contributed by atoms with Gasteiger partial charge in [0.2, 0.25) is 10.0 Å². The Balaban J connectivity index is 1.64. The number of sulfonamides is 1. The second-order valence-corrected chi connectivity index (χ2v) is 9.62. The highest BCUT2D eigenvalue weighted by molar-refractivity contribution is 7.92. The fourth-order valence-electron chi connectivity index (χ4n) is 3.62. The normalized spacial score (nSPS) is 11.6. The number of benzene rings is 1. The van der Waals surface area contributed by atoms with Gasteiger partial charge >= 0.3 is 0 Å².